The van der Waals surface area contributed by atoms with E-state index in [0.29, 0.717) is 0 Å². The predicted octanol–water partition coefficient (Wildman–Crippen LogP) is 2.49. The van der Waals surface area contributed by atoms with E-state index in [1.807, 2.05) is 18.2 Å². The van der Waals surface area contributed by atoms with Crippen LogP contribution in [0.1, 0.15) is 6.92 Å². The van der Waals surface area contributed by atoms with Crippen LogP contribution in [0.15, 0.2) is 22.7 Å². The Hall–Kier alpha value is -0.700. The molecule has 0 aliphatic heterocycles. The Morgan fingerprint density at radius 1 is 1.50 bits per heavy atom. The van der Waals surface area contributed by atoms with Gasteiger partial charge in [-0.25, -0.2) is 0 Å². The molecule has 0 unspecified atom stereocenters. The Balaban J connectivity index is 3.01. The van der Waals surface area contributed by atoms with E-state index < -0.39 is 0 Å². The summed E-state index contributed by atoms with van der Waals surface area (Å²) in [5.41, 5.74) is 7.58. The number of hydrogen-bond acceptors (Lipinski definition) is 2. The molecule has 1 aromatic rings. The highest BCUT2D eigenvalue weighted by atomic mass is 79.9. The van der Waals surface area contributed by atoms with E-state index in [2.05, 4.69) is 34.8 Å². The van der Waals surface area contributed by atoms with Crippen LogP contribution < -0.4 is 10.6 Å². The van der Waals surface area contributed by atoms with Crippen LogP contribution in [-0.2, 0) is 0 Å². The van der Waals surface area contributed by atoms with Gasteiger partial charge >= 0.3 is 0 Å². The second-order valence-corrected chi connectivity index (χ2v) is 3.58. The van der Waals surface area contributed by atoms with Crippen molar-refractivity contribution in [1.29, 1.82) is 0 Å². The molecule has 0 saturated heterocycles. The highest BCUT2D eigenvalue weighted by molar-refractivity contribution is 9.10. The average Bonchev–Trinajstić information content (AvgIpc) is 2.03. The topological polar surface area (TPSA) is 29.3 Å². The fourth-order valence-corrected chi connectivity index (χ4v) is 1.70. The van der Waals surface area contributed by atoms with Crippen LogP contribution in [0.5, 0.6) is 0 Å². The number of nitrogens with zero attached hydrogens (tertiary/aromatic N) is 1. The molecule has 0 amide bonds. The summed E-state index contributed by atoms with van der Waals surface area (Å²) in [6, 6.07) is 5.84. The Kier molecular flexibility index (Phi) is 2.98. The van der Waals surface area contributed by atoms with Crippen molar-refractivity contribution in [2.24, 2.45) is 0 Å². The minimum atomic E-state index is 0.787. The molecule has 1 aromatic carbocycles. The van der Waals surface area contributed by atoms with Crippen molar-refractivity contribution in [2.45, 2.75) is 6.92 Å². The Bertz CT molecular complexity index is 273. The van der Waals surface area contributed by atoms with Crippen LogP contribution in [0.4, 0.5) is 11.4 Å². The molecule has 0 bridgehead atoms. The molecule has 0 heterocycles. The molecule has 66 valence electrons. The monoisotopic (exact) mass is 228 g/mol. The zero-order chi connectivity index (χ0) is 9.14. The van der Waals surface area contributed by atoms with Crippen molar-refractivity contribution in [2.75, 3.05) is 24.2 Å². The maximum atomic E-state index is 5.62. The van der Waals surface area contributed by atoms with Crippen LogP contribution in [0.2, 0.25) is 0 Å². The summed E-state index contributed by atoms with van der Waals surface area (Å²) in [6.45, 7) is 3.10. The SMILES string of the molecule is CCN(C)c1ccc(N)cc1Br. The van der Waals surface area contributed by atoms with Gasteiger partial charge in [0.05, 0.1) is 5.69 Å². The lowest BCUT2D eigenvalue weighted by molar-refractivity contribution is 0.965. The normalized spacial score (nSPS) is 9.92. The van der Waals surface area contributed by atoms with E-state index in [-0.39, 0.29) is 0 Å². The van der Waals surface area contributed by atoms with Gasteiger partial charge in [0.1, 0.15) is 0 Å². The molecule has 2 nitrogen and oxygen atoms in total. The first-order valence-corrected chi connectivity index (χ1v) is 4.70. The molecule has 0 aliphatic carbocycles. The molecule has 2 N–H and O–H groups in total. The van der Waals surface area contributed by atoms with Gasteiger partial charge < -0.3 is 10.6 Å². The quantitative estimate of drug-likeness (QED) is 0.789. The van der Waals surface area contributed by atoms with Crippen molar-refractivity contribution in [1.82, 2.24) is 0 Å². The maximum absolute atomic E-state index is 5.62. The van der Waals surface area contributed by atoms with E-state index in [0.717, 1.165) is 16.7 Å². The summed E-state index contributed by atoms with van der Waals surface area (Å²) >= 11 is 3.47. The molecule has 0 aliphatic rings. The Morgan fingerprint density at radius 3 is 2.67 bits per heavy atom. The van der Waals surface area contributed by atoms with Gasteiger partial charge in [-0.2, -0.15) is 0 Å². The highest BCUT2D eigenvalue weighted by Crippen LogP contribution is 2.26. The third-order valence-electron chi connectivity index (χ3n) is 1.86. The number of anilines is 2. The molecule has 0 radical (unpaired) electrons. The van der Waals surface area contributed by atoms with Crippen LogP contribution in [-0.4, -0.2) is 13.6 Å². The number of halogens is 1. The second kappa shape index (κ2) is 3.81. The minimum absolute atomic E-state index is 0.787. The van der Waals surface area contributed by atoms with Crippen LogP contribution >= 0.6 is 15.9 Å². The van der Waals surface area contributed by atoms with Gasteiger partial charge in [0.25, 0.3) is 0 Å². The summed E-state index contributed by atoms with van der Waals surface area (Å²) < 4.78 is 1.05. The molecular formula is C9H13BrN2. The van der Waals surface area contributed by atoms with E-state index in [1.165, 1.54) is 5.69 Å². The zero-order valence-corrected chi connectivity index (χ0v) is 8.93. The minimum Gasteiger partial charge on any atom is -0.399 e. The molecule has 0 fully saturated rings. The lowest BCUT2D eigenvalue weighted by Gasteiger charge is -2.18. The molecule has 0 aromatic heterocycles. The number of nitrogen functional groups attached to an aromatic ring is 1. The number of rotatable bonds is 2. The predicted molar refractivity (Wildman–Crippen MR) is 57.5 cm³/mol. The summed E-state index contributed by atoms with van der Waals surface area (Å²) in [4.78, 5) is 2.16. The number of benzene rings is 1. The molecule has 0 saturated carbocycles. The van der Waals surface area contributed by atoms with Crippen molar-refractivity contribution in [3.8, 4) is 0 Å². The summed E-state index contributed by atoms with van der Waals surface area (Å²) in [5, 5.41) is 0. The van der Waals surface area contributed by atoms with E-state index >= 15 is 0 Å². The van der Waals surface area contributed by atoms with Gasteiger partial charge in [-0.3, -0.25) is 0 Å². The summed E-state index contributed by atoms with van der Waals surface area (Å²) in [7, 11) is 2.05. The fourth-order valence-electron chi connectivity index (χ4n) is 1.00. The molecular weight excluding hydrogens is 216 g/mol. The van der Waals surface area contributed by atoms with Crippen molar-refractivity contribution in [3.63, 3.8) is 0 Å². The van der Waals surface area contributed by atoms with Gasteiger partial charge in [0, 0.05) is 23.8 Å². The first-order chi connectivity index (χ1) is 5.65. The van der Waals surface area contributed by atoms with E-state index in [9.17, 15) is 0 Å². The lowest BCUT2D eigenvalue weighted by Crippen LogP contribution is -2.16. The van der Waals surface area contributed by atoms with Crippen LogP contribution in [0, 0.1) is 0 Å². The maximum Gasteiger partial charge on any atom is 0.0509 e. The smallest absolute Gasteiger partial charge is 0.0509 e. The molecule has 1 rings (SSSR count). The Labute approximate surface area is 81.5 Å². The summed E-state index contributed by atoms with van der Waals surface area (Å²) in [5.74, 6) is 0. The first kappa shape index (κ1) is 9.39. The van der Waals surface area contributed by atoms with Gasteiger partial charge in [0.15, 0.2) is 0 Å². The Morgan fingerprint density at radius 2 is 2.17 bits per heavy atom. The van der Waals surface area contributed by atoms with Gasteiger partial charge in [-0.05, 0) is 41.1 Å². The van der Waals surface area contributed by atoms with E-state index in [4.69, 9.17) is 5.73 Å². The lowest BCUT2D eigenvalue weighted by atomic mass is 10.2. The van der Waals surface area contributed by atoms with Crippen molar-refractivity contribution in [3.05, 3.63) is 22.7 Å². The van der Waals surface area contributed by atoms with Gasteiger partial charge in [0.2, 0.25) is 0 Å². The van der Waals surface area contributed by atoms with Crippen molar-refractivity contribution >= 4 is 27.3 Å². The third-order valence-corrected chi connectivity index (χ3v) is 2.49. The molecule has 3 heteroatoms. The zero-order valence-electron chi connectivity index (χ0n) is 7.34. The standard InChI is InChI=1S/C9H13BrN2/c1-3-12(2)9-5-4-7(11)6-8(9)10/h4-6H,3,11H2,1-2H3. The van der Waals surface area contributed by atoms with Gasteiger partial charge in [-0.1, -0.05) is 0 Å². The summed E-state index contributed by atoms with van der Waals surface area (Å²) in [6.07, 6.45) is 0. The second-order valence-electron chi connectivity index (χ2n) is 2.73. The van der Waals surface area contributed by atoms with Crippen molar-refractivity contribution < 1.29 is 0 Å². The first-order valence-electron chi connectivity index (χ1n) is 3.91. The fraction of sp³-hybridized carbons (Fsp3) is 0.333. The van der Waals surface area contributed by atoms with Crippen LogP contribution in [0.3, 0.4) is 0 Å². The highest BCUT2D eigenvalue weighted by Gasteiger charge is 2.02. The van der Waals surface area contributed by atoms with Gasteiger partial charge in [-0.15, -0.1) is 0 Å². The average molecular weight is 229 g/mol. The molecule has 0 atom stereocenters. The van der Waals surface area contributed by atoms with Crippen LogP contribution in [0.25, 0.3) is 0 Å². The number of nitrogens with two attached hydrogens (primary N) is 1. The molecule has 12 heavy (non-hydrogen) atoms. The molecule has 0 spiro atoms. The van der Waals surface area contributed by atoms with E-state index in [1.54, 1.807) is 0 Å². The largest absolute Gasteiger partial charge is 0.399 e. The number of hydrogen-bond donors (Lipinski definition) is 1. The third kappa shape index (κ3) is 1.91.